The van der Waals surface area contributed by atoms with E-state index in [0.29, 0.717) is 18.4 Å². The van der Waals surface area contributed by atoms with Crippen molar-refractivity contribution in [2.24, 2.45) is 5.92 Å². The number of hydrogen-bond donors (Lipinski definition) is 0. The molecule has 0 bridgehead atoms. The Balaban J connectivity index is 1.43. The average molecular weight is 465 g/mol. The molecule has 0 N–H and O–H groups in total. The lowest BCUT2D eigenvalue weighted by Crippen LogP contribution is -2.31. The first-order valence-corrected chi connectivity index (χ1v) is 11.5. The van der Waals surface area contributed by atoms with Crippen molar-refractivity contribution in [1.82, 2.24) is 14.8 Å². The van der Waals surface area contributed by atoms with Gasteiger partial charge in [-0.15, -0.1) is 0 Å². The van der Waals surface area contributed by atoms with Crippen LogP contribution in [0.1, 0.15) is 42.1 Å². The van der Waals surface area contributed by atoms with Crippen molar-refractivity contribution >= 4 is 10.1 Å². The minimum atomic E-state index is -3.85. The molecule has 2 heterocycles. The number of nitrogens with zero attached hydrogens (tertiary/aromatic N) is 3. The molecule has 3 aromatic rings. The van der Waals surface area contributed by atoms with Gasteiger partial charge in [0.05, 0.1) is 29.4 Å². The van der Waals surface area contributed by atoms with E-state index in [0.717, 1.165) is 11.8 Å². The van der Waals surface area contributed by atoms with E-state index in [-0.39, 0.29) is 34.7 Å². The third-order valence-electron chi connectivity index (χ3n) is 5.62. The van der Waals surface area contributed by atoms with Gasteiger partial charge >= 0.3 is 0 Å². The molecule has 1 fully saturated rings. The van der Waals surface area contributed by atoms with Gasteiger partial charge in [0.15, 0.2) is 0 Å². The van der Waals surface area contributed by atoms with Gasteiger partial charge < -0.3 is 0 Å². The van der Waals surface area contributed by atoms with Gasteiger partial charge in [-0.05, 0) is 56.4 Å². The maximum Gasteiger partial charge on any atom is 0.296 e. The Bertz CT molecular complexity index is 1220. The van der Waals surface area contributed by atoms with Crippen LogP contribution in [0, 0.1) is 25.6 Å². The summed E-state index contributed by atoms with van der Waals surface area (Å²) in [5.41, 5.74) is 1.40. The number of halogens is 3. The van der Waals surface area contributed by atoms with Gasteiger partial charge in [-0.3, -0.25) is 13.8 Å². The molecule has 0 radical (unpaired) electrons. The molecule has 0 unspecified atom stereocenters. The van der Waals surface area contributed by atoms with Crippen molar-refractivity contribution in [3.8, 4) is 11.3 Å². The van der Waals surface area contributed by atoms with Crippen molar-refractivity contribution < 1.29 is 25.8 Å². The average Bonchev–Trinajstić information content (AvgIpc) is 3.12. The zero-order valence-corrected chi connectivity index (χ0v) is 18.3. The van der Waals surface area contributed by atoms with Crippen molar-refractivity contribution in [3.05, 3.63) is 65.4 Å². The lowest BCUT2D eigenvalue weighted by molar-refractivity contribution is 0.115. The molecular formula is C22H22F3N3O3S. The van der Waals surface area contributed by atoms with Crippen molar-refractivity contribution in [3.63, 3.8) is 0 Å². The van der Waals surface area contributed by atoms with Crippen LogP contribution in [-0.2, 0) is 14.3 Å². The van der Waals surface area contributed by atoms with Crippen LogP contribution >= 0.6 is 0 Å². The third-order valence-corrected chi connectivity index (χ3v) is 6.92. The highest BCUT2D eigenvalue weighted by molar-refractivity contribution is 7.86. The lowest BCUT2D eigenvalue weighted by atomic mass is 9.81. The lowest BCUT2D eigenvalue weighted by Gasteiger charge is -2.34. The number of hydrogen-bond acceptors (Lipinski definition) is 5. The fourth-order valence-electron chi connectivity index (χ4n) is 3.77. The molecule has 1 aromatic carbocycles. The molecule has 0 spiro atoms. The summed E-state index contributed by atoms with van der Waals surface area (Å²) in [5, 5.41) is 4.04. The first-order chi connectivity index (χ1) is 15.1. The van der Waals surface area contributed by atoms with Gasteiger partial charge in [0.2, 0.25) is 0 Å². The molecule has 0 saturated heterocycles. The Hall–Kier alpha value is -2.72. The molecule has 1 saturated carbocycles. The van der Waals surface area contributed by atoms with E-state index in [9.17, 15) is 21.6 Å². The predicted molar refractivity (Wildman–Crippen MR) is 111 cm³/mol. The Morgan fingerprint density at radius 1 is 1.19 bits per heavy atom. The maximum absolute atomic E-state index is 13.6. The van der Waals surface area contributed by atoms with E-state index < -0.39 is 28.1 Å². The van der Waals surface area contributed by atoms with Crippen LogP contribution in [0.15, 0.2) is 47.6 Å². The summed E-state index contributed by atoms with van der Waals surface area (Å²) in [7, 11) is -3.85. The van der Waals surface area contributed by atoms with Crippen LogP contribution in [0.25, 0.3) is 11.3 Å². The number of alkyl halides is 2. The SMILES string of the molecule is Cc1ccc(S(=O)(=O)OCC2CC(n3cc(-c4ncc(F)cc4C)c(C(F)F)n3)C2)cc1. The smallest absolute Gasteiger partial charge is 0.268 e. The zero-order chi connectivity index (χ0) is 23.0. The topological polar surface area (TPSA) is 74.1 Å². The Labute approximate surface area is 184 Å². The molecule has 0 amide bonds. The minimum Gasteiger partial charge on any atom is -0.268 e. The molecular weight excluding hydrogens is 443 g/mol. The van der Waals surface area contributed by atoms with E-state index in [4.69, 9.17) is 4.18 Å². The van der Waals surface area contributed by atoms with Crippen LogP contribution in [0.2, 0.25) is 0 Å². The molecule has 0 aliphatic heterocycles. The third kappa shape index (κ3) is 4.56. The highest BCUT2D eigenvalue weighted by atomic mass is 32.2. The highest BCUT2D eigenvalue weighted by Crippen LogP contribution is 2.40. The number of aryl methyl sites for hydroxylation is 2. The molecule has 32 heavy (non-hydrogen) atoms. The molecule has 4 rings (SSSR count). The molecule has 6 nitrogen and oxygen atoms in total. The van der Waals surface area contributed by atoms with Crippen LogP contribution in [0.5, 0.6) is 0 Å². The Morgan fingerprint density at radius 3 is 2.50 bits per heavy atom. The first kappa shape index (κ1) is 22.5. The van der Waals surface area contributed by atoms with E-state index in [1.165, 1.54) is 29.1 Å². The molecule has 170 valence electrons. The van der Waals surface area contributed by atoms with E-state index in [2.05, 4.69) is 10.1 Å². The predicted octanol–water partition coefficient (Wildman–Crippen LogP) is 5.00. The summed E-state index contributed by atoms with van der Waals surface area (Å²) < 4.78 is 71.8. The Kier molecular flexibility index (Phi) is 6.09. The van der Waals surface area contributed by atoms with E-state index in [1.807, 2.05) is 6.92 Å². The number of pyridine rings is 1. The number of benzene rings is 1. The van der Waals surface area contributed by atoms with E-state index >= 15 is 0 Å². The fourth-order valence-corrected chi connectivity index (χ4v) is 4.75. The van der Waals surface area contributed by atoms with Gasteiger partial charge in [0, 0.05) is 11.8 Å². The quantitative estimate of drug-likeness (QED) is 0.460. The van der Waals surface area contributed by atoms with Crippen molar-refractivity contribution in [1.29, 1.82) is 0 Å². The summed E-state index contributed by atoms with van der Waals surface area (Å²) in [5.74, 6) is -0.576. The van der Waals surface area contributed by atoms with Gasteiger partial charge in [-0.1, -0.05) is 17.7 Å². The largest absolute Gasteiger partial charge is 0.296 e. The van der Waals surface area contributed by atoms with Crippen molar-refractivity contribution in [2.75, 3.05) is 6.61 Å². The van der Waals surface area contributed by atoms with Crippen molar-refractivity contribution in [2.45, 2.75) is 44.1 Å². The van der Waals surface area contributed by atoms with Crippen LogP contribution in [-0.4, -0.2) is 29.8 Å². The van der Waals surface area contributed by atoms with Crippen LogP contribution in [0.3, 0.4) is 0 Å². The molecule has 1 aliphatic carbocycles. The summed E-state index contributed by atoms with van der Waals surface area (Å²) in [6, 6.07) is 7.47. The summed E-state index contributed by atoms with van der Waals surface area (Å²) >= 11 is 0. The highest BCUT2D eigenvalue weighted by Gasteiger charge is 2.34. The first-order valence-electron chi connectivity index (χ1n) is 10.1. The standard InChI is InChI=1S/C22H22F3N3O3S/c1-13-3-5-18(6-4-13)32(29,30)31-12-15-8-17(9-15)28-11-19(21(27-28)22(24)25)20-14(2)7-16(23)10-26-20/h3-7,10-11,15,17,22H,8-9,12H2,1-2H3. The molecule has 1 aliphatic rings. The molecule has 0 atom stereocenters. The van der Waals surface area contributed by atoms with Gasteiger partial charge in [-0.2, -0.15) is 13.5 Å². The Morgan fingerprint density at radius 2 is 1.88 bits per heavy atom. The van der Waals surface area contributed by atoms with Gasteiger partial charge in [0.1, 0.15) is 11.5 Å². The maximum atomic E-state index is 13.6. The fraction of sp³-hybridized carbons (Fsp3) is 0.364. The normalized spacial score (nSPS) is 18.7. The summed E-state index contributed by atoms with van der Waals surface area (Å²) in [4.78, 5) is 4.06. The second kappa shape index (κ2) is 8.67. The van der Waals surface area contributed by atoms with Gasteiger partial charge in [0.25, 0.3) is 16.5 Å². The summed E-state index contributed by atoms with van der Waals surface area (Å²) in [6.07, 6.45) is 0.766. The second-order valence-electron chi connectivity index (χ2n) is 8.07. The minimum absolute atomic E-state index is 0.0150. The van der Waals surface area contributed by atoms with Crippen LogP contribution < -0.4 is 0 Å². The van der Waals surface area contributed by atoms with Gasteiger partial charge in [-0.25, -0.2) is 13.2 Å². The molecule has 10 heteroatoms. The zero-order valence-electron chi connectivity index (χ0n) is 17.5. The number of rotatable bonds is 7. The monoisotopic (exact) mass is 465 g/mol. The number of aromatic nitrogens is 3. The second-order valence-corrected chi connectivity index (χ2v) is 9.69. The molecule has 2 aromatic heterocycles. The van der Waals surface area contributed by atoms with Crippen LogP contribution in [0.4, 0.5) is 13.2 Å². The summed E-state index contributed by atoms with van der Waals surface area (Å²) in [6.45, 7) is 3.48. The van der Waals surface area contributed by atoms with E-state index in [1.54, 1.807) is 19.1 Å².